The fourth-order valence-electron chi connectivity index (χ4n) is 1.43. The molecule has 1 aromatic carbocycles. The highest BCUT2D eigenvalue weighted by Crippen LogP contribution is 2.15. The normalized spacial score (nSPS) is 10.4. The van der Waals surface area contributed by atoms with Gasteiger partial charge in [0.1, 0.15) is 17.4 Å². The molecule has 18 heavy (non-hydrogen) atoms. The van der Waals surface area contributed by atoms with Crippen LogP contribution in [0.3, 0.4) is 0 Å². The minimum atomic E-state index is -0.771. The van der Waals surface area contributed by atoms with Crippen molar-refractivity contribution < 1.29 is 18.0 Å². The number of halogens is 2. The van der Waals surface area contributed by atoms with Gasteiger partial charge in [-0.3, -0.25) is 4.79 Å². The zero-order valence-electron chi connectivity index (χ0n) is 9.24. The quantitative estimate of drug-likeness (QED) is 0.880. The Bertz CT molecular complexity index is 561. The Morgan fingerprint density at radius 3 is 2.44 bits per heavy atom. The molecule has 3 N–H and O–H groups in total. The summed E-state index contributed by atoms with van der Waals surface area (Å²) in [7, 11) is 0. The largest absolute Gasteiger partial charge is 0.455 e. The highest BCUT2D eigenvalue weighted by molar-refractivity contribution is 6.02. The zero-order chi connectivity index (χ0) is 13.1. The fourth-order valence-corrected chi connectivity index (χ4v) is 1.43. The van der Waals surface area contributed by atoms with Crippen molar-refractivity contribution in [3.05, 3.63) is 53.5 Å². The number of furan rings is 1. The van der Waals surface area contributed by atoms with Crippen molar-refractivity contribution in [1.82, 2.24) is 0 Å². The second kappa shape index (κ2) is 4.97. The predicted molar refractivity (Wildman–Crippen MR) is 60.9 cm³/mol. The average Bonchev–Trinajstić information content (AvgIpc) is 2.75. The first-order valence-corrected chi connectivity index (χ1v) is 5.14. The van der Waals surface area contributed by atoms with Crippen molar-refractivity contribution >= 4 is 11.6 Å². The zero-order valence-corrected chi connectivity index (χ0v) is 9.24. The maximum absolute atomic E-state index is 12.9. The van der Waals surface area contributed by atoms with Gasteiger partial charge in [-0.1, -0.05) is 0 Å². The number of hydrogen-bond donors (Lipinski definition) is 2. The monoisotopic (exact) mass is 252 g/mol. The summed E-state index contributed by atoms with van der Waals surface area (Å²) in [6.45, 7) is 0.169. The summed E-state index contributed by atoms with van der Waals surface area (Å²) in [5.41, 5.74) is 5.35. The van der Waals surface area contributed by atoms with E-state index in [-0.39, 0.29) is 18.0 Å². The van der Waals surface area contributed by atoms with E-state index in [2.05, 4.69) is 5.32 Å². The average molecular weight is 252 g/mol. The van der Waals surface area contributed by atoms with E-state index in [4.69, 9.17) is 10.2 Å². The number of nitrogens with two attached hydrogens (primary N) is 1. The van der Waals surface area contributed by atoms with Gasteiger partial charge in [0.2, 0.25) is 0 Å². The van der Waals surface area contributed by atoms with E-state index in [0.717, 1.165) is 18.2 Å². The number of carbonyl (C=O) groups is 1. The third kappa shape index (κ3) is 2.72. The second-order valence-corrected chi connectivity index (χ2v) is 3.58. The number of carbonyl (C=O) groups excluding carboxylic acids is 1. The molecular formula is C12H10F2N2O2. The van der Waals surface area contributed by atoms with Gasteiger partial charge in [0.25, 0.3) is 5.91 Å². The molecule has 1 aromatic heterocycles. The minimum absolute atomic E-state index is 0.0169. The summed E-state index contributed by atoms with van der Waals surface area (Å²) in [5, 5.41) is 2.32. The number of amides is 1. The minimum Gasteiger partial charge on any atom is -0.455 e. The fraction of sp³-hybridized carbons (Fsp3) is 0.0833. The first-order chi connectivity index (χ1) is 8.58. The molecule has 1 heterocycles. The van der Waals surface area contributed by atoms with Crippen LogP contribution in [0.4, 0.5) is 14.5 Å². The molecule has 0 atom stereocenters. The van der Waals surface area contributed by atoms with E-state index >= 15 is 0 Å². The molecule has 1 amide bonds. The van der Waals surface area contributed by atoms with Gasteiger partial charge in [-0.2, -0.15) is 0 Å². The smallest absolute Gasteiger partial charge is 0.291 e. The summed E-state index contributed by atoms with van der Waals surface area (Å²) in [6.07, 6.45) is 0. The van der Waals surface area contributed by atoms with Crippen LogP contribution in [-0.4, -0.2) is 5.91 Å². The van der Waals surface area contributed by atoms with Crippen molar-refractivity contribution in [3.63, 3.8) is 0 Å². The SMILES string of the molecule is NCc1ccc(C(=O)Nc2cc(F)cc(F)c2)o1. The molecule has 6 heteroatoms. The number of nitrogens with one attached hydrogen (secondary N) is 1. The van der Waals surface area contributed by atoms with Gasteiger partial charge in [-0.15, -0.1) is 0 Å². The molecule has 0 spiro atoms. The maximum Gasteiger partial charge on any atom is 0.291 e. The first kappa shape index (κ1) is 12.3. The third-order valence-corrected chi connectivity index (χ3v) is 2.21. The van der Waals surface area contributed by atoms with Crippen LogP contribution >= 0.6 is 0 Å². The molecule has 0 saturated carbocycles. The Kier molecular flexibility index (Phi) is 3.38. The maximum atomic E-state index is 12.9. The molecule has 0 aliphatic heterocycles. The molecular weight excluding hydrogens is 242 g/mol. The summed E-state index contributed by atoms with van der Waals surface area (Å²) in [5.74, 6) is -1.66. The van der Waals surface area contributed by atoms with Gasteiger partial charge in [-0.25, -0.2) is 8.78 Å². The van der Waals surface area contributed by atoms with E-state index in [0.29, 0.717) is 5.76 Å². The summed E-state index contributed by atoms with van der Waals surface area (Å²) < 4.78 is 30.9. The van der Waals surface area contributed by atoms with Gasteiger partial charge >= 0.3 is 0 Å². The number of benzene rings is 1. The molecule has 0 saturated heterocycles. The number of hydrogen-bond acceptors (Lipinski definition) is 3. The van der Waals surface area contributed by atoms with Crippen LogP contribution in [0.5, 0.6) is 0 Å². The van der Waals surface area contributed by atoms with Crippen LogP contribution in [0.15, 0.2) is 34.7 Å². The molecule has 94 valence electrons. The summed E-state index contributed by atoms with van der Waals surface area (Å²) >= 11 is 0. The molecule has 0 radical (unpaired) electrons. The Morgan fingerprint density at radius 1 is 1.22 bits per heavy atom. The predicted octanol–water partition coefficient (Wildman–Crippen LogP) is 2.27. The Morgan fingerprint density at radius 2 is 1.89 bits per heavy atom. The highest BCUT2D eigenvalue weighted by Gasteiger charge is 2.12. The summed E-state index contributed by atoms with van der Waals surface area (Å²) in [4.78, 5) is 11.7. The Labute approximate surface area is 101 Å². The third-order valence-electron chi connectivity index (χ3n) is 2.21. The van der Waals surface area contributed by atoms with Crippen LogP contribution in [0.2, 0.25) is 0 Å². The van der Waals surface area contributed by atoms with Gasteiger partial charge in [-0.05, 0) is 24.3 Å². The van der Waals surface area contributed by atoms with Gasteiger partial charge in [0.05, 0.1) is 6.54 Å². The van der Waals surface area contributed by atoms with Crippen molar-refractivity contribution in [2.24, 2.45) is 5.73 Å². The molecule has 0 bridgehead atoms. The lowest BCUT2D eigenvalue weighted by Crippen LogP contribution is -2.11. The molecule has 4 nitrogen and oxygen atoms in total. The lowest BCUT2D eigenvalue weighted by molar-refractivity contribution is 0.0995. The van der Waals surface area contributed by atoms with E-state index in [9.17, 15) is 13.6 Å². The summed E-state index contributed by atoms with van der Waals surface area (Å²) in [6, 6.07) is 5.73. The van der Waals surface area contributed by atoms with E-state index in [1.165, 1.54) is 6.07 Å². The standard InChI is InChI=1S/C12H10F2N2O2/c13-7-3-8(14)5-9(4-7)16-12(17)11-2-1-10(6-15)18-11/h1-5H,6,15H2,(H,16,17). The van der Waals surface area contributed by atoms with E-state index in [1.807, 2.05) is 0 Å². The van der Waals surface area contributed by atoms with E-state index in [1.54, 1.807) is 6.07 Å². The number of anilines is 1. The molecule has 2 aromatic rings. The topological polar surface area (TPSA) is 68.3 Å². The molecule has 0 fully saturated rings. The number of rotatable bonds is 3. The van der Waals surface area contributed by atoms with Crippen molar-refractivity contribution in [2.75, 3.05) is 5.32 Å². The van der Waals surface area contributed by atoms with Gasteiger partial charge < -0.3 is 15.5 Å². The van der Waals surface area contributed by atoms with Crippen LogP contribution in [0, 0.1) is 11.6 Å². The first-order valence-electron chi connectivity index (χ1n) is 5.14. The molecule has 2 rings (SSSR count). The molecule has 0 aliphatic carbocycles. The lowest BCUT2D eigenvalue weighted by Gasteiger charge is -2.03. The van der Waals surface area contributed by atoms with Crippen molar-refractivity contribution in [3.8, 4) is 0 Å². The Balaban J connectivity index is 2.15. The van der Waals surface area contributed by atoms with Crippen LogP contribution in [0.25, 0.3) is 0 Å². The second-order valence-electron chi connectivity index (χ2n) is 3.58. The van der Waals surface area contributed by atoms with Gasteiger partial charge in [0.15, 0.2) is 5.76 Å². The van der Waals surface area contributed by atoms with Crippen LogP contribution < -0.4 is 11.1 Å². The Hall–Kier alpha value is -2.21. The van der Waals surface area contributed by atoms with Crippen molar-refractivity contribution in [1.29, 1.82) is 0 Å². The molecule has 0 aliphatic rings. The highest BCUT2D eigenvalue weighted by atomic mass is 19.1. The van der Waals surface area contributed by atoms with E-state index < -0.39 is 17.5 Å². The van der Waals surface area contributed by atoms with Crippen LogP contribution in [-0.2, 0) is 6.54 Å². The van der Waals surface area contributed by atoms with Crippen LogP contribution in [0.1, 0.15) is 16.3 Å². The lowest BCUT2D eigenvalue weighted by atomic mass is 10.3. The molecule has 0 unspecified atom stereocenters. The van der Waals surface area contributed by atoms with Crippen molar-refractivity contribution in [2.45, 2.75) is 6.54 Å². The van der Waals surface area contributed by atoms with Gasteiger partial charge in [0, 0.05) is 11.8 Å².